The van der Waals surface area contributed by atoms with Crippen molar-refractivity contribution in [2.75, 3.05) is 20.7 Å². The number of hydrogen-bond acceptors (Lipinski definition) is 4. The maximum absolute atomic E-state index is 6.01. The number of methoxy groups -OCH3 is 1. The number of imidazole rings is 1. The molecular formula is C14H19ClN4O. The molecule has 1 saturated carbocycles. The lowest BCUT2D eigenvalue weighted by molar-refractivity contribution is 0.309. The Bertz CT molecular complexity index is 608. The average molecular weight is 295 g/mol. The summed E-state index contributed by atoms with van der Waals surface area (Å²) in [4.78, 5) is 11.4. The Hall–Kier alpha value is -1.33. The molecule has 108 valence electrons. The third-order valence-corrected chi connectivity index (χ3v) is 4.06. The first-order valence-electron chi connectivity index (χ1n) is 6.89. The molecule has 2 heterocycles. The Labute approximate surface area is 123 Å². The average Bonchev–Trinajstić information content (AvgIpc) is 3.26. The molecule has 20 heavy (non-hydrogen) atoms. The quantitative estimate of drug-likeness (QED) is 0.767. The van der Waals surface area contributed by atoms with E-state index in [4.69, 9.17) is 16.3 Å². The molecule has 5 nitrogen and oxygen atoms in total. The molecule has 0 aliphatic heterocycles. The van der Waals surface area contributed by atoms with Gasteiger partial charge >= 0.3 is 0 Å². The van der Waals surface area contributed by atoms with E-state index in [1.165, 1.54) is 12.8 Å². The Morgan fingerprint density at radius 2 is 2.20 bits per heavy atom. The van der Waals surface area contributed by atoms with Crippen LogP contribution in [0.4, 0.5) is 0 Å². The number of rotatable bonds is 6. The fourth-order valence-corrected chi connectivity index (χ4v) is 2.64. The number of likely N-dealkylation sites (N-methyl/N-ethyl adjacent to an activating group) is 1. The van der Waals surface area contributed by atoms with Crippen LogP contribution < -0.4 is 4.74 Å². The monoisotopic (exact) mass is 294 g/mol. The van der Waals surface area contributed by atoms with E-state index in [9.17, 15) is 0 Å². The Morgan fingerprint density at radius 1 is 1.40 bits per heavy atom. The third kappa shape index (κ3) is 2.60. The summed E-state index contributed by atoms with van der Waals surface area (Å²) >= 11 is 6.01. The van der Waals surface area contributed by atoms with Gasteiger partial charge in [-0.05, 0) is 26.0 Å². The summed E-state index contributed by atoms with van der Waals surface area (Å²) in [5.74, 6) is 1.87. The van der Waals surface area contributed by atoms with Crippen LogP contribution in [0.2, 0.25) is 0 Å². The number of nitrogens with zero attached hydrogens (tertiary/aromatic N) is 4. The van der Waals surface area contributed by atoms with Crippen LogP contribution in [0.3, 0.4) is 0 Å². The fourth-order valence-electron chi connectivity index (χ4n) is 2.44. The lowest BCUT2D eigenvalue weighted by Gasteiger charge is -2.16. The minimum absolute atomic E-state index is 0.395. The molecule has 2 aromatic heterocycles. The van der Waals surface area contributed by atoms with Gasteiger partial charge in [-0.1, -0.05) is 0 Å². The van der Waals surface area contributed by atoms with Crippen molar-refractivity contribution in [1.29, 1.82) is 0 Å². The lowest BCUT2D eigenvalue weighted by atomic mass is 10.4. The second-order valence-corrected chi connectivity index (χ2v) is 5.49. The van der Waals surface area contributed by atoms with E-state index >= 15 is 0 Å². The Balaban J connectivity index is 1.89. The van der Waals surface area contributed by atoms with Crippen molar-refractivity contribution < 1.29 is 4.74 Å². The van der Waals surface area contributed by atoms with Gasteiger partial charge in [-0.3, -0.25) is 0 Å². The summed E-state index contributed by atoms with van der Waals surface area (Å²) in [5, 5.41) is 0. The predicted octanol–water partition coefficient (Wildman–Crippen LogP) is 2.27. The highest BCUT2D eigenvalue weighted by atomic mass is 35.5. The van der Waals surface area contributed by atoms with E-state index in [0.717, 1.165) is 36.1 Å². The largest absolute Gasteiger partial charge is 0.481 e. The van der Waals surface area contributed by atoms with Crippen LogP contribution in [0.25, 0.3) is 11.2 Å². The summed E-state index contributed by atoms with van der Waals surface area (Å²) in [6, 6.07) is 4.51. The van der Waals surface area contributed by atoms with Crippen molar-refractivity contribution in [2.45, 2.75) is 31.3 Å². The van der Waals surface area contributed by atoms with Gasteiger partial charge < -0.3 is 14.2 Å². The topological polar surface area (TPSA) is 43.2 Å². The predicted molar refractivity (Wildman–Crippen MR) is 79.3 cm³/mol. The third-order valence-electron chi connectivity index (χ3n) is 3.82. The van der Waals surface area contributed by atoms with Crippen molar-refractivity contribution >= 4 is 22.8 Å². The van der Waals surface area contributed by atoms with Crippen molar-refractivity contribution in [3.8, 4) is 5.88 Å². The zero-order chi connectivity index (χ0) is 14.1. The Kier molecular flexibility index (Phi) is 3.81. The number of aromatic nitrogens is 3. The van der Waals surface area contributed by atoms with Gasteiger partial charge in [0.1, 0.15) is 11.3 Å². The van der Waals surface area contributed by atoms with Crippen molar-refractivity contribution in [3.05, 3.63) is 18.0 Å². The van der Waals surface area contributed by atoms with Crippen LogP contribution in [0.5, 0.6) is 5.88 Å². The SMILES string of the molecule is COc1ccc2nc(CCl)n(CCN(C)C3CC3)c2n1. The fraction of sp³-hybridized carbons (Fsp3) is 0.571. The molecule has 2 aromatic rings. The molecule has 0 bridgehead atoms. The lowest BCUT2D eigenvalue weighted by Crippen LogP contribution is -2.25. The number of fused-ring (bicyclic) bond motifs is 1. The summed E-state index contributed by atoms with van der Waals surface area (Å²) < 4.78 is 7.30. The highest BCUT2D eigenvalue weighted by Gasteiger charge is 2.26. The number of halogens is 1. The van der Waals surface area contributed by atoms with E-state index in [1.807, 2.05) is 12.1 Å². The normalized spacial score (nSPS) is 15.2. The van der Waals surface area contributed by atoms with Crippen LogP contribution in [0.1, 0.15) is 18.7 Å². The molecule has 0 aromatic carbocycles. The minimum Gasteiger partial charge on any atom is -0.481 e. The summed E-state index contributed by atoms with van der Waals surface area (Å²) in [7, 11) is 3.80. The number of alkyl halides is 1. The molecule has 0 N–H and O–H groups in total. The highest BCUT2D eigenvalue weighted by Crippen LogP contribution is 2.25. The maximum Gasteiger partial charge on any atom is 0.215 e. The van der Waals surface area contributed by atoms with Crippen LogP contribution >= 0.6 is 11.6 Å². The zero-order valence-electron chi connectivity index (χ0n) is 11.8. The first kappa shape index (κ1) is 13.6. The summed E-state index contributed by atoms with van der Waals surface area (Å²) in [5.41, 5.74) is 1.72. The maximum atomic E-state index is 6.01. The van der Waals surface area contributed by atoms with Gasteiger partial charge in [0.25, 0.3) is 0 Å². The first-order chi connectivity index (χ1) is 9.72. The zero-order valence-corrected chi connectivity index (χ0v) is 12.6. The molecule has 0 saturated heterocycles. The number of pyridine rings is 1. The molecular weight excluding hydrogens is 276 g/mol. The molecule has 1 fully saturated rings. The van der Waals surface area contributed by atoms with Gasteiger partial charge in [0.15, 0.2) is 5.65 Å². The van der Waals surface area contributed by atoms with Crippen molar-refractivity contribution in [3.63, 3.8) is 0 Å². The first-order valence-corrected chi connectivity index (χ1v) is 7.42. The minimum atomic E-state index is 0.395. The van der Waals surface area contributed by atoms with Crippen LogP contribution in [-0.2, 0) is 12.4 Å². The van der Waals surface area contributed by atoms with Crippen LogP contribution in [-0.4, -0.2) is 46.2 Å². The standard InChI is InChI=1S/C14H19ClN4O/c1-18(10-3-4-10)7-8-19-12(9-15)16-11-5-6-13(20-2)17-14(11)19/h5-6,10H,3-4,7-9H2,1-2H3. The van der Waals surface area contributed by atoms with Gasteiger partial charge in [0, 0.05) is 25.2 Å². The van der Waals surface area contributed by atoms with Crippen LogP contribution in [0, 0.1) is 0 Å². The van der Waals surface area contributed by atoms with Gasteiger partial charge in [0.2, 0.25) is 5.88 Å². The van der Waals surface area contributed by atoms with Crippen molar-refractivity contribution in [2.24, 2.45) is 0 Å². The van der Waals surface area contributed by atoms with Crippen molar-refractivity contribution in [1.82, 2.24) is 19.4 Å². The number of hydrogen-bond donors (Lipinski definition) is 0. The van der Waals surface area contributed by atoms with Gasteiger partial charge in [-0.25, -0.2) is 4.98 Å². The van der Waals surface area contributed by atoms with Gasteiger partial charge in [-0.15, -0.1) is 11.6 Å². The Morgan fingerprint density at radius 3 is 2.85 bits per heavy atom. The molecule has 0 unspecified atom stereocenters. The second-order valence-electron chi connectivity index (χ2n) is 5.22. The smallest absolute Gasteiger partial charge is 0.215 e. The van der Waals surface area contributed by atoms with E-state index in [2.05, 4.69) is 26.5 Å². The molecule has 3 rings (SSSR count). The molecule has 6 heteroatoms. The van der Waals surface area contributed by atoms with E-state index in [0.29, 0.717) is 11.8 Å². The molecule has 0 spiro atoms. The van der Waals surface area contributed by atoms with Gasteiger partial charge in [-0.2, -0.15) is 4.98 Å². The van der Waals surface area contributed by atoms with E-state index in [-0.39, 0.29) is 0 Å². The van der Waals surface area contributed by atoms with E-state index in [1.54, 1.807) is 7.11 Å². The van der Waals surface area contributed by atoms with Crippen LogP contribution in [0.15, 0.2) is 12.1 Å². The highest BCUT2D eigenvalue weighted by molar-refractivity contribution is 6.16. The molecule has 0 atom stereocenters. The number of ether oxygens (including phenoxy) is 1. The summed E-state index contributed by atoms with van der Waals surface area (Å²) in [6.45, 7) is 1.84. The molecule has 0 amide bonds. The molecule has 0 radical (unpaired) electrons. The van der Waals surface area contributed by atoms with Gasteiger partial charge in [0.05, 0.1) is 13.0 Å². The molecule has 1 aliphatic rings. The molecule has 1 aliphatic carbocycles. The summed E-state index contributed by atoms with van der Waals surface area (Å²) in [6.07, 6.45) is 2.63. The second kappa shape index (κ2) is 5.58. The van der Waals surface area contributed by atoms with E-state index < -0.39 is 0 Å².